The Labute approximate surface area is 102 Å². The Kier molecular flexibility index (Phi) is 4.45. The summed E-state index contributed by atoms with van der Waals surface area (Å²) in [6, 6.07) is 0. The fraction of sp³-hybridized carbons (Fsp3) is 0.625. The predicted molar refractivity (Wildman–Crippen MR) is 60.2 cm³/mol. The smallest absolute Gasteiger partial charge is 0.213 e. The zero-order valence-electron chi connectivity index (χ0n) is 9.41. The minimum Gasteiger partial charge on any atom is -0.343 e. The molecule has 8 nitrogen and oxygen atoms in total. The third kappa shape index (κ3) is 3.49. The number of rotatable bonds is 7. The molecule has 17 heavy (non-hydrogen) atoms. The topological polar surface area (TPSA) is 94.6 Å². The zero-order valence-corrected chi connectivity index (χ0v) is 10.2. The first kappa shape index (κ1) is 12.0. The number of nitrogens with one attached hydrogen (secondary N) is 1. The minimum absolute atomic E-state index is 0.595. The van der Waals surface area contributed by atoms with Crippen molar-refractivity contribution in [2.75, 3.05) is 13.1 Å². The van der Waals surface area contributed by atoms with Gasteiger partial charge in [0.05, 0.1) is 12.3 Å². The van der Waals surface area contributed by atoms with Gasteiger partial charge in [-0.15, -0.1) is 5.10 Å². The predicted octanol–water partition coefficient (Wildman–Crippen LogP) is -0.0421. The van der Waals surface area contributed by atoms with Crippen molar-refractivity contribution in [3.63, 3.8) is 0 Å². The van der Waals surface area contributed by atoms with Crippen LogP contribution in [0.25, 0.3) is 0 Å². The molecule has 0 aromatic carbocycles. The molecule has 0 saturated carbocycles. The van der Waals surface area contributed by atoms with Crippen LogP contribution in [0.15, 0.2) is 16.1 Å². The van der Waals surface area contributed by atoms with Gasteiger partial charge in [0.1, 0.15) is 0 Å². The lowest BCUT2D eigenvalue weighted by atomic mass is 10.6. The second-order valence-electron chi connectivity index (χ2n) is 3.17. The highest BCUT2D eigenvalue weighted by Gasteiger charge is 2.08. The normalized spacial score (nSPS) is 10.9. The van der Waals surface area contributed by atoms with Gasteiger partial charge in [-0.05, 0) is 17.0 Å². The van der Waals surface area contributed by atoms with E-state index in [0.717, 1.165) is 24.8 Å². The fourth-order valence-corrected chi connectivity index (χ4v) is 1.94. The van der Waals surface area contributed by atoms with E-state index in [1.54, 1.807) is 4.68 Å². The van der Waals surface area contributed by atoms with Crippen LogP contribution in [-0.4, -0.2) is 43.4 Å². The zero-order chi connectivity index (χ0) is 11.9. The van der Waals surface area contributed by atoms with Crippen LogP contribution in [0.3, 0.4) is 0 Å². The van der Waals surface area contributed by atoms with Gasteiger partial charge in [-0.3, -0.25) is 0 Å². The van der Waals surface area contributed by atoms with Crippen molar-refractivity contribution in [3.05, 3.63) is 12.2 Å². The van der Waals surface area contributed by atoms with E-state index in [1.165, 1.54) is 18.2 Å². The number of hydrogen-bond acceptors (Lipinski definition) is 8. The molecule has 92 valence electrons. The van der Waals surface area contributed by atoms with Crippen molar-refractivity contribution >= 4 is 11.8 Å². The van der Waals surface area contributed by atoms with Crippen LogP contribution >= 0.6 is 11.8 Å². The molecular weight excluding hydrogens is 242 g/mol. The van der Waals surface area contributed by atoms with E-state index in [9.17, 15) is 0 Å². The molecule has 2 rings (SSSR count). The largest absolute Gasteiger partial charge is 0.343 e. The van der Waals surface area contributed by atoms with Gasteiger partial charge in [-0.2, -0.15) is 4.98 Å². The Hall–Kier alpha value is -1.48. The number of likely N-dealkylation sites (N-methyl/N-ethyl adjacent to an activating group) is 1. The highest BCUT2D eigenvalue weighted by Crippen LogP contribution is 2.17. The first-order valence-electron chi connectivity index (χ1n) is 5.25. The molecule has 0 radical (unpaired) electrons. The van der Waals surface area contributed by atoms with Crippen LogP contribution < -0.4 is 5.32 Å². The maximum atomic E-state index is 4.65. The highest BCUT2D eigenvalue weighted by atomic mass is 32.2. The summed E-state index contributed by atoms with van der Waals surface area (Å²) in [5, 5.41) is 19.2. The van der Waals surface area contributed by atoms with Crippen LogP contribution in [0.4, 0.5) is 0 Å². The molecule has 2 aromatic rings. The molecular formula is C8H13N7OS. The number of thioether (sulfide) groups is 1. The Balaban J connectivity index is 1.85. The van der Waals surface area contributed by atoms with E-state index in [-0.39, 0.29) is 0 Å². The molecule has 0 aliphatic rings. The number of hydrogen-bond donors (Lipinski definition) is 1. The van der Waals surface area contributed by atoms with Gasteiger partial charge in [-0.1, -0.05) is 23.8 Å². The van der Waals surface area contributed by atoms with Crippen molar-refractivity contribution < 1.29 is 4.52 Å². The van der Waals surface area contributed by atoms with Crippen molar-refractivity contribution in [1.29, 1.82) is 0 Å². The van der Waals surface area contributed by atoms with Crippen LogP contribution in [0, 0.1) is 0 Å². The van der Waals surface area contributed by atoms with Gasteiger partial charge >= 0.3 is 0 Å². The molecule has 0 aliphatic heterocycles. The third-order valence-electron chi connectivity index (χ3n) is 1.99. The second kappa shape index (κ2) is 6.30. The number of nitrogens with zero attached hydrogens (tertiary/aromatic N) is 6. The average molecular weight is 255 g/mol. The molecule has 9 heteroatoms. The number of tetrazole rings is 1. The molecule has 0 fully saturated rings. The summed E-state index contributed by atoms with van der Waals surface area (Å²) in [4.78, 5) is 3.93. The molecule has 0 atom stereocenters. The molecule has 2 aromatic heterocycles. The summed E-state index contributed by atoms with van der Waals surface area (Å²) in [5.74, 6) is 1.23. The highest BCUT2D eigenvalue weighted by molar-refractivity contribution is 7.98. The first-order chi connectivity index (χ1) is 8.40. The molecule has 1 N–H and O–H groups in total. The Morgan fingerprint density at radius 1 is 1.53 bits per heavy atom. The van der Waals surface area contributed by atoms with Gasteiger partial charge in [0.25, 0.3) is 0 Å². The standard InChI is InChI=1S/C8H13N7OS/c1-2-9-3-4-15-8(11-13-14-15)17-5-7-10-6-16-12-7/h6,9H,2-5H2,1H3. The SMILES string of the molecule is CCNCCn1nnnc1SCc1ncon1. The molecule has 0 unspecified atom stereocenters. The maximum absolute atomic E-state index is 4.65. The minimum atomic E-state index is 0.595. The van der Waals surface area contributed by atoms with E-state index in [1.807, 2.05) is 0 Å². The Morgan fingerprint density at radius 2 is 2.47 bits per heavy atom. The van der Waals surface area contributed by atoms with Crippen molar-refractivity contribution in [1.82, 2.24) is 35.7 Å². The summed E-state index contributed by atoms with van der Waals surface area (Å²) >= 11 is 1.48. The summed E-state index contributed by atoms with van der Waals surface area (Å²) in [6.07, 6.45) is 1.31. The lowest BCUT2D eigenvalue weighted by molar-refractivity contribution is 0.412. The molecule has 0 aliphatic carbocycles. The van der Waals surface area contributed by atoms with Crippen molar-refractivity contribution in [2.24, 2.45) is 0 Å². The molecule has 0 bridgehead atoms. The summed E-state index contributed by atoms with van der Waals surface area (Å²) in [5.41, 5.74) is 0. The molecule has 2 heterocycles. The van der Waals surface area contributed by atoms with E-state index in [0.29, 0.717) is 11.6 Å². The van der Waals surface area contributed by atoms with E-state index in [4.69, 9.17) is 0 Å². The maximum Gasteiger partial charge on any atom is 0.213 e. The van der Waals surface area contributed by atoms with E-state index >= 15 is 0 Å². The van der Waals surface area contributed by atoms with Crippen molar-refractivity contribution in [2.45, 2.75) is 24.4 Å². The first-order valence-corrected chi connectivity index (χ1v) is 6.23. The summed E-state index contributed by atoms with van der Waals surface area (Å²) in [6.45, 7) is 4.59. The summed E-state index contributed by atoms with van der Waals surface area (Å²) in [7, 11) is 0. The Bertz CT molecular complexity index is 429. The summed E-state index contributed by atoms with van der Waals surface area (Å²) < 4.78 is 6.41. The van der Waals surface area contributed by atoms with E-state index < -0.39 is 0 Å². The molecule has 0 saturated heterocycles. The molecule has 0 amide bonds. The van der Waals surface area contributed by atoms with Gasteiger partial charge in [0.2, 0.25) is 11.6 Å². The lowest BCUT2D eigenvalue weighted by Crippen LogP contribution is -2.20. The van der Waals surface area contributed by atoms with Gasteiger partial charge in [0, 0.05) is 6.54 Å². The van der Waals surface area contributed by atoms with Crippen LogP contribution in [0.5, 0.6) is 0 Å². The third-order valence-corrected chi connectivity index (χ3v) is 2.94. The second-order valence-corrected chi connectivity index (χ2v) is 4.12. The van der Waals surface area contributed by atoms with Crippen LogP contribution in [0.2, 0.25) is 0 Å². The number of aromatic nitrogens is 6. The van der Waals surface area contributed by atoms with E-state index in [2.05, 4.69) is 42.4 Å². The van der Waals surface area contributed by atoms with Gasteiger partial charge in [-0.25, -0.2) is 4.68 Å². The average Bonchev–Trinajstić information content (AvgIpc) is 2.97. The lowest BCUT2D eigenvalue weighted by Gasteiger charge is -2.03. The molecule has 0 spiro atoms. The Morgan fingerprint density at radius 3 is 3.24 bits per heavy atom. The van der Waals surface area contributed by atoms with Gasteiger partial charge < -0.3 is 9.84 Å². The monoisotopic (exact) mass is 255 g/mol. The van der Waals surface area contributed by atoms with Crippen LogP contribution in [0.1, 0.15) is 12.7 Å². The van der Waals surface area contributed by atoms with Crippen molar-refractivity contribution in [3.8, 4) is 0 Å². The van der Waals surface area contributed by atoms with Gasteiger partial charge in [0.15, 0.2) is 5.82 Å². The quantitative estimate of drug-likeness (QED) is 0.544. The fourth-order valence-electron chi connectivity index (χ4n) is 1.19. The van der Waals surface area contributed by atoms with Crippen LogP contribution in [-0.2, 0) is 12.3 Å².